The van der Waals surface area contributed by atoms with Crippen molar-refractivity contribution < 1.29 is 13.2 Å². The molecule has 0 radical (unpaired) electrons. The second-order valence-electron chi connectivity index (χ2n) is 5.68. The zero-order valence-electron chi connectivity index (χ0n) is 13.6. The number of hydrogen-bond donors (Lipinski definition) is 2. The molecule has 0 saturated heterocycles. The van der Waals surface area contributed by atoms with Gasteiger partial charge >= 0.3 is 0 Å². The second-order valence-corrected chi connectivity index (χ2v) is 7.43. The van der Waals surface area contributed by atoms with Gasteiger partial charge in [-0.2, -0.15) is 0 Å². The number of aryl methyl sites for hydroxylation is 3. The van der Waals surface area contributed by atoms with Crippen molar-refractivity contribution in [2.45, 2.75) is 20.8 Å². The third-order valence-electron chi connectivity index (χ3n) is 3.37. The fourth-order valence-electron chi connectivity index (χ4n) is 2.47. The van der Waals surface area contributed by atoms with Gasteiger partial charge in [0.1, 0.15) is 0 Å². The highest BCUT2D eigenvalue weighted by Gasteiger charge is 2.11. The van der Waals surface area contributed by atoms with Crippen molar-refractivity contribution in [3.05, 3.63) is 58.7 Å². The van der Waals surface area contributed by atoms with Crippen LogP contribution in [0.3, 0.4) is 0 Å². The van der Waals surface area contributed by atoms with Gasteiger partial charge in [0, 0.05) is 16.9 Å². The minimum atomic E-state index is -3.32. The van der Waals surface area contributed by atoms with E-state index in [0.717, 1.165) is 28.6 Å². The molecule has 0 heterocycles. The van der Waals surface area contributed by atoms with Gasteiger partial charge in [-0.1, -0.05) is 17.7 Å². The fraction of sp³-hybridized carbons (Fsp3) is 0.235. The van der Waals surface area contributed by atoms with Gasteiger partial charge < -0.3 is 5.32 Å². The van der Waals surface area contributed by atoms with Gasteiger partial charge in [0.25, 0.3) is 5.91 Å². The minimum Gasteiger partial charge on any atom is -0.322 e. The van der Waals surface area contributed by atoms with E-state index >= 15 is 0 Å². The first-order valence-electron chi connectivity index (χ1n) is 7.13. The van der Waals surface area contributed by atoms with Gasteiger partial charge in [0.2, 0.25) is 10.0 Å². The smallest absolute Gasteiger partial charge is 0.255 e. The van der Waals surface area contributed by atoms with Gasteiger partial charge in [-0.3, -0.25) is 9.52 Å². The van der Waals surface area contributed by atoms with Gasteiger partial charge in [-0.05, 0) is 56.2 Å². The van der Waals surface area contributed by atoms with Crippen LogP contribution in [-0.4, -0.2) is 20.6 Å². The highest BCUT2D eigenvalue weighted by atomic mass is 32.2. The minimum absolute atomic E-state index is 0.231. The Balaban J connectivity index is 2.19. The normalized spacial score (nSPS) is 11.1. The number of nitrogens with one attached hydrogen (secondary N) is 2. The van der Waals surface area contributed by atoms with Crippen LogP contribution in [0.4, 0.5) is 11.4 Å². The summed E-state index contributed by atoms with van der Waals surface area (Å²) in [6.07, 6.45) is 1.08. The molecule has 0 spiro atoms. The van der Waals surface area contributed by atoms with Crippen LogP contribution in [0.25, 0.3) is 0 Å². The molecule has 0 fully saturated rings. The Morgan fingerprint density at radius 3 is 1.96 bits per heavy atom. The number of carbonyl (C=O) groups excluding carboxylic acids is 1. The molecule has 0 aliphatic carbocycles. The molecule has 122 valence electrons. The summed E-state index contributed by atoms with van der Waals surface area (Å²) in [5.74, 6) is -0.231. The molecule has 2 rings (SSSR count). The Kier molecular flexibility index (Phi) is 4.75. The van der Waals surface area contributed by atoms with Crippen LogP contribution in [0.15, 0.2) is 36.4 Å². The van der Waals surface area contributed by atoms with Crippen molar-refractivity contribution in [3.8, 4) is 0 Å². The van der Waals surface area contributed by atoms with E-state index in [4.69, 9.17) is 0 Å². The summed E-state index contributed by atoms with van der Waals surface area (Å²) in [6, 6.07) is 10.3. The predicted octanol–water partition coefficient (Wildman–Crippen LogP) is 3.24. The lowest BCUT2D eigenvalue weighted by Gasteiger charge is -2.13. The van der Waals surface area contributed by atoms with Crippen LogP contribution in [-0.2, 0) is 10.0 Å². The highest BCUT2D eigenvalue weighted by molar-refractivity contribution is 7.92. The second kappa shape index (κ2) is 6.42. The summed E-state index contributed by atoms with van der Waals surface area (Å²) in [6.45, 7) is 5.92. The number of benzene rings is 2. The van der Waals surface area contributed by atoms with E-state index in [1.807, 2.05) is 32.9 Å². The van der Waals surface area contributed by atoms with Gasteiger partial charge in [0.05, 0.1) is 6.26 Å². The van der Waals surface area contributed by atoms with Crippen molar-refractivity contribution in [1.29, 1.82) is 0 Å². The maximum Gasteiger partial charge on any atom is 0.255 e. The summed E-state index contributed by atoms with van der Waals surface area (Å²) in [5, 5.41) is 2.91. The maximum atomic E-state index is 12.4. The first kappa shape index (κ1) is 17.0. The summed E-state index contributed by atoms with van der Waals surface area (Å²) < 4.78 is 24.7. The van der Waals surface area contributed by atoms with Crippen molar-refractivity contribution in [1.82, 2.24) is 0 Å². The van der Waals surface area contributed by atoms with E-state index in [0.29, 0.717) is 11.3 Å². The number of amides is 1. The molecule has 5 nitrogen and oxygen atoms in total. The lowest BCUT2D eigenvalue weighted by atomic mass is 10.0. The molecule has 2 aromatic carbocycles. The number of anilines is 2. The molecule has 0 bridgehead atoms. The topological polar surface area (TPSA) is 75.3 Å². The molecule has 0 aliphatic rings. The molecule has 0 aromatic heterocycles. The Morgan fingerprint density at radius 1 is 0.957 bits per heavy atom. The van der Waals surface area contributed by atoms with E-state index in [-0.39, 0.29) is 5.91 Å². The van der Waals surface area contributed by atoms with Gasteiger partial charge in [0.15, 0.2) is 0 Å². The van der Waals surface area contributed by atoms with Crippen LogP contribution in [0.5, 0.6) is 0 Å². The van der Waals surface area contributed by atoms with Crippen LogP contribution >= 0.6 is 0 Å². The highest BCUT2D eigenvalue weighted by Crippen LogP contribution is 2.23. The van der Waals surface area contributed by atoms with E-state index in [1.54, 1.807) is 24.3 Å². The third kappa shape index (κ3) is 4.56. The molecule has 0 aliphatic heterocycles. The van der Waals surface area contributed by atoms with Crippen molar-refractivity contribution >= 4 is 27.3 Å². The summed E-state index contributed by atoms with van der Waals surface area (Å²) in [4.78, 5) is 12.4. The zero-order valence-corrected chi connectivity index (χ0v) is 14.4. The van der Waals surface area contributed by atoms with Crippen molar-refractivity contribution in [3.63, 3.8) is 0 Å². The summed E-state index contributed by atoms with van der Waals surface area (Å²) in [5.41, 5.74) is 4.85. The Morgan fingerprint density at radius 2 is 1.48 bits per heavy atom. The van der Waals surface area contributed by atoms with Crippen LogP contribution in [0.1, 0.15) is 27.0 Å². The Hall–Kier alpha value is -2.34. The molecular weight excluding hydrogens is 312 g/mol. The monoisotopic (exact) mass is 332 g/mol. The quantitative estimate of drug-likeness (QED) is 0.902. The molecular formula is C17H20N2O3S. The van der Waals surface area contributed by atoms with E-state index in [9.17, 15) is 13.2 Å². The lowest BCUT2D eigenvalue weighted by molar-refractivity contribution is 0.102. The lowest BCUT2D eigenvalue weighted by Crippen LogP contribution is -2.14. The fourth-order valence-corrected chi connectivity index (χ4v) is 3.03. The van der Waals surface area contributed by atoms with Crippen LogP contribution in [0.2, 0.25) is 0 Å². The maximum absolute atomic E-state index is 12.4. The standard InChI is InChI=1S/C17H20N2O3S/c1-11-9-12(2)16(13(3)10-11)18-17(20)14-5-7-15(8-6-14)19-23(4,21)22/h5-10,19H,1-4H3,(H,18,20). The Labute approximate surface area is 136 Å². The van der Waals surface area contributed by atoms with Crippen molar-refractivity contribution in [2.75, 3.05) is 16.3 Å². The van der Waals surface area contributed by atoms with E-state index in [2.05, 4.69) is 10.0 Å². The van der Waals surface area contributed by atoms with Crippen LogP contribution in [0, 0.1) is 20.8 Å². The molecule has 2 aromatic rings. The molecule has 2 N–H and O–H groups in total. The summed E-state index contributed by atoms with van der Waals surface area (Å²) in [7, 11) is -3.32. The molecule has 6 heteroatoms. The van der Waals surface area contributed by atoms with Crippen molar-refractivity contribution in [2.24, 2.45) is 0 Å². The molecule has 1 amide bonds. The average molecular weight is 332 g/mol. The molecule has 23 heavy (non-hydrogen) atoms. The Bertz CT molecular complexity index is 818. The van der Waals surface area contributed by atoms with E-state index in [1.165, 1.54) is 0 Å². The molecule has 0 atom stereocenters. The summed E-state index contributed by atoms with van der Waals surface area (Å²) >= 11 is 0. The molecule has 0 unspecified atom stereocenters. The van der Waals surface area contributed by atoms with Gasteiger partial charge in [-0.15, -0.1) is 0 Å². The number of rotatable bonds is 4. The number of sulfonamides is 1. The van der Waals surface area contributed by atoms with E-state index < -0.39 is 10.0 Å². The molecule has 0 saturated carbocycles. The first-order chi connectivity index (χ1) is 10.7. The largest absolute Gasteiger partial charge is 0.322 e. The van der Waals surface area contributed by atoms with Gasteiger partial charge in [-0.25, -0.2) is 8.42 Å². The SMILES string of the molecule is Cc1cc(C)c(NC(=O)c2ccc(NS(C)(=O)=O)cc2)c(C)c1. The predicted molar refractivity (Wildman–Crippen MR) is 93.5 cm³/mol. The third-order valence-corrected chi connectivity index (χ3v) is 3.97. The first-order valence-corrected chi connectivity index (χ1v) is 9.02. The number of hydrogen-bond acceptors (Lipinski definition) is 3. The average Bonchev–Trinajstić information content (AvgIpc) is 2.41. The van der Waals surface area contributed by atoms with Crippen LogP contribution < -0.4 is 10.0 Å². The number of carbonyl (C=O) groups is 1. The zero-order chi connectivity index (χ0) is 17.2.